The Morgan fingerprint density at radius 3 is 1.58 bits per heavy atom. The summed E-state index contributed by atoms with van der Waals surface area (Å²) >= 11 is 0. The van der Waals surface area contributed by atoms with Gasteiger partial charge in [-0.15, -0.1) is 41.2 Å². The normalized spacial score (nSPS) is 9.23. The van der Waals surface area contributed by atoms with E-state index in [4.69, 9.17) is 0 Å². The van der Waals surface area contributed by atoms with Crippen molar-refractivity contribution in [2.24, 2.45) is 0 Å². The van der Waals surface area contributed by atoms with Crippen LogP contribution in [0.15, 0.2) is 109 Å². The van der Waals surface area contributed by atoms with Crippen molar-refractivity contribution in [2.75, 3.05) is 0 Å². The molecule has 0 aliphatic carbocycles. The molecule has 31 heavy (non-hydrogen) atoms. The molecular weight excluding hydrogens is 435 g/mol. The van der Waals surface area contributed by atoms with Crippen molar-refractivity contribution >= 4 is 19.0 Å². The van der Waals surface area contributed by atoms with Gasteiger partial charge in [0.1, 0.15) is 0 Å². The molecule has 154 valence electrons. The van der Waals surface area contributed by atoms with Gasteiger partial charge in [-0.3, -0.25) is 8.19 Å². The minimum absolute atomic E-state index is 0. The zero-order valence-electron chi connectivity index (χ0n) is 17.7. The van der Waals surface area contributed by atoms with E-state index >= 15 is 0 Å². The molecule has 1 unspecified atom stereocenters. The van der Waals surface area contributed by atoms with Gasteiger partial charge in [0.25, 0.3) is 0 Å². The Hall–Kier alpha value is -2.64. The summed E-state index contributed by atoms with van der Waals surface area (Å²) in [6.07, 6.45) is 0. The van der Waals surface area contributed by atoms with Crippen LogP contribution in [0.4, 0.5) is 0 Å². The maximum absolute atomic E-state index is 10.3. The van der Waals surface area contributed by atoms with Gasteiger partial charge in [-0.1, -0.05) is 80.6 Å². The minimum Gasteiger partial charge on any atom is -0.872 e. The first-order valence-electron chi connectivity index (χ1n) is 9.63. The Kier molecular flexibility index (Phi) is 13.0. The maximum atomic E-state index is 10.3. The first kappa shape index (κ1) is 26.4. The van der Waals surface area contributed by atoms with E-state index in [2.05, 4.69) is 67.9 Å². The van der Waals surface area contributed by atoms with Gasteiger partial charge in [-0.25, -0.2) is 0 Å². The van der Waals surface area contributed by atoms with Gasteiger partial charge < -0.3 is 10.2 Å². The van der Waals surface area contributed by atoms with Gasteiger partial charge in [0.15, 0.2) is 0 Å². The Balaban J connectivity index is 0.000000206. The second-order valence-electron chi connectivity index (χ2n) is 6.50. The molecular formula is C27H25O2PTi. The number of fused-ring (bicyclic) bond motifs is 1. The van der Waals surface area contributed by atoms with Gasteiger partial charge in [0.2, 0.25) is 0 Å². The fourth-order valence-electron chi connectivity index (χ4n) is 2.37. The molecule has 4 heteroatoms. The Bertz CT molecular complexity index is 1000. The maximum Gasteiger partial charge on any atom is 4.00 e. The molecule has 1 heterocycles. The molecule has 4 aromatic carbocycles. The van der Waals surface area contributed by atoms with Gasteiger partial charge in [0, 0.05) is 0 Å². The number of benzene rings is 3. The van der Waals surface area contributed by atoms with Crippen molar-refractivity contribution in [3.8, 4) is 11.5 Å². The van der Waals surface area contributed by atoms with E-state index in [9.17, 15) is 10.2 Å². The zero-order chi connectivity index (χ0) is 21.6. The Labute approximate surface area is 201 Å². The summed E-state index contributed by atoms with van der Waals surface area (Å²) in [5.74, 6) is 5.58. The van der Waals surface area contributed by atoms with Crippen molar-refractivity contribution in [1.82, 2.24) is 0 Å². The van der Waals surface area contributed by atoms with Gasteiger partial charge in [-0.05, 0) is 0 Å². The second kappa shape index (κ2) is 15.2. The van der Waals surface area contributed by atoms with Crippen LogP contribution in [-0.2, 0) is 21.7 Å². The molecule has 0 aliphatic rings. The van der Waals surface area contributed by atoms with Crippen molar-refractivity contribution in [1.29, 1.82) is 0 Å². The fourth-order valence-corrected chi connectivity index (χ4v) is 3.29. The van der Waals surface area contributed by atoms with Crippen molar-refractivity contribution in [2.45, 2.75) is 13.8 Å². The number of hydrogen-bond donors (Lipinski definition) is 0. The SMILES string of the molecule is Cc1[c-][pH]cc1C.[O-]c1ccccc1.[O-]c1ccccc1.[Ti+4].c1ccc2[cH-]ccc2c1. The third-order valence-electron chi connectivity index (χ3n) is 4.17. The van der Waals surface area contributed by atoms with E-state index in [1.165, 1.54) is 46.2 Å². The quantitative estimate of drug-likeness (QED) is 0.204. The predicted octanol–water partition coefficient (Wildman–Crippen LogP) is 6.21. The van der Waals surface area contributed by atoms with E-state index in [0.29, 0.717) is 0 Å². The van der Waals surface area contributed by atoms with Crippen LogP contribution in [0.25, 0.3) is 10.8 Å². The fraction of sp³-hybridized carbons (Fsp3) is 0.0741. The molecule has 1 atom stereocenters. The summed E-state index contributed by atoms with van der Waals surface area (Å²) in [4.78, 5) is 0. The van der Waals surface area contributed by atoms with E-state index in [1.54, 1.807) is 24.3 Å². The van der Waals surface area contributed by atoms with Crippen LogP contribution < -0.4 is 10.2 Å². The molecule has 5 rings (SSSR count). The molecule has 0 bridgehead atoms. The largest absolute Gasteiger partial charge is 4.00 e. The molecule has 0 N–H and O–H groups in total. The molecule has 5 aromatic rings. The van der Waals surface area contributed by atoms with Crippen LogP contribution in [0.5, 0.6) is 11.5 Å². The smallest absolute Gasteiger partial charge is 0.872 e. The summed E-state index contributed by atoms with van der Waals surface area (Å²) in [7, 11) is 0.820. The van der Waals surface area contributed by atoms with Gasteiger partial charge in [0.05, 0.1) is 0 Å². The Morgan fingerprint density at radius 1 is 0.710 bits per heavy atom. The number of rotatable bonds is 0. The molecule has 0 aliphatic heterocycles. The first-order chi connectivity index (χ1) is 14.6. The third-order valence-corrected chi connectivity index (χ3v) is 5.27. The van der Waals surface area contributed by atoms with E-state index < -0.39 is 0 Å². The van der Waals surface area contributed by atoms with Crippen LogP contribution in [0.2, 0.25) is 0 Å². The zero-order valence-corrected chi connectivity index (χ0v) is 20.3. The van der Waals surface area contributed by atoms with Crippen molar-refractivity contribution in [3.63, 3.8) is 0 Å². The summed E-state index contributed by atoms with van der Waals surface area (Å²) < 4.78 is 0. The molecule has 0 radical (unpaired) electrons. The molecule has 0 saturated carbocycles. The Morgan fingerprint density at radius 2 is 1.23 bits per heavy atom. The topological polar surface area (TPSA) is 46.1 Å². The molecule has 0 spiro atoms. The summed E-state index contributed by atoms with van der Waals surface area (Å²) in [6.45, 7) is 4.23. The third kappa shape index (κ3) is 10.8. The average molecular weight is 460 g/mol. The molecule has 2 nitrogen and oxygen atoms in total. The van der Waals surface area contributed by atoms with Gasteiger partial charge >= 0.3 is 21.7 Å². The summed E-state index contributed by atoms with van der Waals surface area (Å²) in [5.41, 5.74) is 2.73. The van der Waals surface area contributed by atoms with Crippen LogP contribution in [0.1, 0.15) is 11.1 Å². The first-order valence-corrected chi connectivity index (χ1v) is 10.7. The standard InChI is InChI=1S/C9H7.2C6H6O.C6H8P.Ti/c1-2-5-9-7-3-6-8(9)4-1;2*7-6-4-2-1-3-5-6;1-5-3-7-4-6(5)2;/h1-7H;2*1-5,7H;3,7H,1-2H3;/q-1;;;-1;+4/p-2. The second-order valence-corrected chi connectivity index (χ2v) is 7.33. The number of para-hydroxylation sites is 2. The summed E-state index contributed by atoms with van der Waals surface area (Å²) in [5, 5.41) is 23.2. The molecule has 0 fully saturated rings. The van der Waals surface area contributed by atoms with E-state index in [0.717, 1.165) is 8.19 Å². The predicted molar refractivity (Wildman–Crippen MR) is 126 cm³/mol. The van der Waals surface area contributed by atoms with Crippen LogP contribution >= 0.6 is 8.19 Å². The molecule has 0 saturated heterocycles. The molecule has 0 amide bonds. The summed E-state index contributed by atoms with van der Waals surface area (Å²) in [6, 6.07) is 31.3. The van der Waals surface area contributed by atoms with Gasteiger partial charge in [-0.2, -0.15) is 40.2 Å². The van der Waals surface area contributed by atoms with Crippen molar-refractivity contribution in [3.05, 3.63) is 126 Å². The van der Waals surface area contributed by atoms with E-state index in [-0.39, 0.29) is 33.2 Å². The van der Waals surface area contributed by atoms with Crippen LogP contribution in [0, 0.1) is 19.6 Å². The number of aryl methyl sites for hydroxylation is 2. The van der Waals surface area contributed by atoms with Crippen molar-refractivity contribution < 1.29 is 31.9 Å². The monoisotopic (exact) mass is 460 g/mol. The molecule has 1 aromatic heterocycles. The average Bonchev–Trinajstić information content (AvgIpc) is 3.39. The minimum atomic E-state index is 0. The van der Waals surface area contributed by atoms with Crippen LogP contribution in [0.3, 0.4) is 0 Å². The van der Waals surface area contributed by atoms with Crippen LogP contribution in [-0.4, -0.2) is 0 Å². The van der Waals surface area contributed by atoms with E-state index in [1.807, 2.05) is 12.1 Å². The number of hydrogen-bond acceptors (Lipinski definition) is 2.